The lowest BCUT2D eigenvalue weighted by molar-refractivity contribution is 0.0697. The van der Waals surface area contributed by atoms with E-state index in [4.69, 9.17) is 0 Å². The van der Waals surface area contributed by atoms with Crippen LogP contribution in [0.25, 0.3) is 11.3 Å². The molecule has 0 aliphatic carbocycles. The molecule has 1 aromatic carbocycles. The zero-order valence-electron chi connectivity index (χ0n) is 11.5. The fourth-order valence-corrected chi connectivity index (χ4v) is 2.26. The highest BCUT2D eigenvalue weighted by molar-refractivity contribution is 14.1. The molecular weight excluding hydrogens is 367 g/mol. The van der Waals surface area contributed by atoms with Crippen LogP contribution in [0.15, 0.2) is 30.5 Å². The van der Waals surface area contributed by atoms with Crippen molar-refractivity contribution < 1.29 is 9.90 Å². The van der Waals surface area contributed by atoms with E-state index in [1.807, 2.05) is 24.3 Å². The molecule has 0 amide bonds. The van der Waals surface area contributed by atoms with Crippen molar-refractivity contribution in [3.8, 4) is 11.3 Å². The summed E-state index contributed by atoms with van der Waals surface area (Å²) in [5.41, 5.74) is 1.64. The molecule has 1 N–H and O–H groups in total. The number of hydrogen-bond acceptors (Lipinski definition) is 2. The van der Waals surface area contributed by atoms with Gasteiger partial charge in [0.05, 0.1) is 0 Å². The van der Waals surface area contributed by atoms with E-state index >= 15 is 0 Å². The number of halogens is 1. The SMILES string of the molecule is CC(C)CCn1cc(C(=O)O)c(-c2ccc(I)cc2)n1. The number of carboxylic acids is 1. The Morgan fingerprint density at radius 2 is 2.00 bits per heavy atom. The van der Waals surface area contributed by atoms with Crippen molar-refractivity contribution in [3.05, 3.63) is 39.6 Å². The van der Waals surface area contributed by atoms with Gasteiger partial charge in [-0.3, -0.25) is 4.68 Å². The lowest BCUT2D eigenvalue weighted by Gasteiger charge is -2.04. The molecule has 1 heterocycles. The van der Waals surface area contributed by atoms with Crippen LogP contribution >= 0.6 is 22.6 Å². The topological polar surface area (TPSA) is 55.1 Å². The van der Waals surface area contributed by atoms with Gasteiger partial charge in [0.15, 0.2) is 0 Å². The van der Waals surface area contributed by atoms with Gasteiger partial charge in [0.2, 0.25) is 0 Å². The minimum atomic E-state index is -0.936. The number of aryl methyl sites for hydroxylation is 1. The van der Waals surface area contributed by atoms with Gasteiger partial charge in [-0.1, -0.05) is 26.0 Å². The molecule has 0 radical (unpaired) electrons. The van der Waals surface area contributed by atoms with Crippen molar-refractivity contribution in [2.45, 2.75) is 26.8 Å². The van der Waals surface area contributed by atoms with Gasteiger partial charge >= 0.3 is 5.97 Å². The Hall–Kier alpha value is -1.37. The van der Waals surface area contributed by atoms with Gasteiger partial charge in [-0.25, -0.2) is 4.79 Å². The van der Waals surface area contributed by atoms with Gasteiger partial charge in [0.1, 0.15) is 11.3 Å². The number of benzene rings is 1. The Bertz CT molecular complexity index is 603. The molecule has 0 bridgehead atoms. The minimum Gasteiger partial charge on any atom is -0.478 e. The van der Waals surface area contributed by atoms with Gasteiger partial charge in [0, 0.05) is 21.9 Å². The lowest BCUT2D eigenvalue weighted by Crippen LogP contribution is -2.02. The Morgan fingerprint density at radius 1 is 1.35 bits per heavy atom. The van der Waals surface area contributed by atoms with Crippen molar-refractivity contribution in [1.29, 1.82) is 0 Å². The Balaban J connectivity index is 2.35. The summed E-state index contributed by atoms with van der Waals surface area (Å²) in [5, 5.41) is 13.8. The number of carboxylic acid groups (broad SMARTS) is 1. The largest absolute Gasteiger partial charge is 0.478 e. The molecule has 20 heavy (non-hydrogen) atoms. The number of nitrogens with zero attached hydrogens (tertiary/aromatic N) is 2. The molecule has 4 nitrogen and oxygen atoms in total. The maximum absolute atomic E-state index is 11.4. The summed E-state index contributed by atoms with van der Waals surface area (Å²) in [7, 11) is 0. The molecule has 0 aliphatic heterocycles. The molecule has 0 spiro atoms. The molecule has 2 rings (SSSR count). The second-order valence-electron chi connectivity index (χ2n) is 5.15. The van der Waals surface area contributed by atoms with Crippen LogP contribution in [0.5, 0.6) is 0 Å². The zero-order chi connectivity index (χ0) is 14.7. The first kappa shape index (κ1) is 15.0. The third kappa shape index (κ3) is 3.59. The Labute approximate surface area is 132 Å². The molecule has 0 fully saturated rings. The molecule has 2 aromatic rings. The minimum absolute atomic E-state index is 0.259. The molecule has 1 aromatic heterocycles. The number of rotatable bonds is 5. The van der Waals surface area contributed by atoms with Crippen LogP contribution in [0, 0.1) is 9.49 Å². The fraction of sp³-hybridized carbons (Fsp3) is 0.333. The van der Waals surface area contributed by atoms with E-state index in [9.17, 15) is 9.90 Å². The fourth-order valence-electron chi connectivity index (χ4n) is 1.90. The number of hydrogen-bond donors (Lipinski definition) is 1. The summed E-state index contributed by atoms with van der Waals surface area (Å²) in [6.45, 7) is 5.02. The van der Waals surface area contributed by atoms with Gasteiger partial charge in [-0.05, 0) is 47.1 Å². The van der Waals surface area contributed by atoms with Gasteiger partial charge in [-0.2, -0.15) is 5.10 Å². The van der Waals surface area contributed by atoms with Crippen molar-refractivity contribution in [3.63, 3.8) is 0 Å². The van der Waals surface area contributed by atoms with Gasteiger partial charge < -0.3 is 5.11 Å². The van der Waals surface area contributed by atoms with Crippen molar-refractivity contribution in [2.75, 3.05) is 0 Å². The average Bonchev–Trinajstić information content (AvgIpc) is 2.81. The summed E-state index contributed by atoms with van der Waals surface area (Å²) in [6, 6.07) is 7.72. The highest BCUT2D eigenvalue weighted by Gasteiger charge is 2.17. The number of aromatic nitrogens is 2. The quantitative estimate of drug-likeness (QED) is 0.796. The second kappa shape index (κ2) is 6.39. The van der Waals surface area contributed by atoms with Crippen LogP contribution in [0.4, 0.5) is 0 Å². The monoisotopic (exact) mass is 384 g/mol. The van der Waals surface area contributed by atoms with Crippen LogP contribution in [0.3, 0.4) is 0 Å². The summed E-state index contributed by atoms with van der Waals surface area (Å²) in [5.74, 6) is -0.372. The number of aromatic carboxylic acids is 1. The van der Waals surface area contributed by atoms with Crippen molar-refractivity contribution in [2.24, 2.45) is 5.92 Å². The third-order valence-corrected chi connectivity index (χ3v) is 3.76. The van der Waals surface area contributed by atoms with Gasteiger partial charge in [-0.15, -0.1) is 0 Å². The first-order valence-electron chi connectivity index (χ1n) is 6.54. The van der Waals surface area contributed by atoms with Crippen LogP contribution in [0.2, 0.25) is 0 Å². The van der Waals surface area contributed by atoms with E-state index in [0.29, 0.717) is 11.6 Å². The van der Waals surface area contributed by atoms with Crippen molar-refractivity contribution in [1.82, 2.24) is 9.78 Å². The zero-order valence-corrected chi connectivity index (χ0v) is 13.7. The van der Waals surface area contributed by atoms with Crippen LogP contribution in [0.1, 0.15) is 30.6 Å². The Kier molecular flexibility index (Phi) is 4.80. The highest BCUT2D eigenvalue weighted by atomic mass is 127. The van der Waals surface area contributed by atoms with Crippen LogP contribution < -0.4 is 0 Å². The second-order valence-corrected chi connectivity index (χ2v) is 6.39. The van der Waals surface area contributed by atoms with E-state index in [-0.39, 0.29) is 5.56 Å². The van der Waals surface area contributed by atoms with E-state index in [2.05, 4.69) is 41.5 Å². The van der Waals surface area contributed by atoms with Gasteiger partial charge in [0.25, 0.3) is 0 Å². The molecule has 0 atom stereocenters. The molecule has 0 saturated heterocycles. The first-order chi connectivity index (χ1) is 9.47. The molecule has 0 unspecified atom stereocenters. The summed E-state index contributed by atoms with van der Waals surface area (Å²) < 4.78 is 2.85. The molecule has 5 heteroatoms. The molecule has 106 valence electrons. The summed E-state index contributed by atoms with van der Waals surface area (Å²) in [4.78, 5) is 11.4. The highest BCUT2D eigenvalue weighted by Crippen LogP contribution is 2.23. The van der Waals surface area contributed by atoms with E-state index in [0.717, 1.165) is 22.1 Å². The van der Waals surface area contributed by atoms with Crippen molar-refractivity contribution >= 4 is 28.6 Å². The predicted octanol–water partition coefficient (Wildman–Crippen LogP) is 3.90. The summed E-state index contributed by atoms with van der Waals surface area (Å²) >= 11 is 2.22. The third-order valence-electron chi connectivity index (χ3n) is 3.05. The maximum atomic E-state index is 11.4. The van der Waals surface area contributed by atoms with E-state index < -0.39 is 5.97 Å². The normalized spacial score (nSPS) is 11.0. The smallest absolute Gasteiger partial charge is 0.339 e. The standard InChI is InChI=1S/C15H17IN2O2/c1-10(2)7-8-18-9-13(15(19)20)14(17-18)11-3-5-12(16)6-4-11/h3-6,9-10H,7-8H2,1-2H3,(H,19,20). The first-order valence-corrected chi connectivity index (χ1v) is 7.62. The van der Waals surface area contributed by atoms with E-state index in [1.54, 1.807) is 10.9 Å². The summed E-state index contributed by atoms with van der Waals surface area (Å²) in [6.07, 6.45) is 2.60. The number of carbonyl (C=O) groups is 1. The molecule has 0 saturated carbocycles. The Morgan fingerprint density at radius 3 is 2.55 bits per heavy atom. The molecular formula is C15H17IN2O2. The molecule has 0 aliphatic rings. The predicted molar refractivity (Wildman–Crippen MR) is 86.8 cm³/mol. The van der Waals surface area contributed by atoms with E-state index in [1.165, 1.54) is 0 Å². The maximum Gasteiger partial charge on any atom is 0.339 e. The average molecular weight is 384 g/mol. The van der Waals surface area contributed by atoms with Crippen LogP contribution in [-0.2, 0) is 6.54 Å². The lowest BCUT2D eigenvalue weighted by atomic mass is 10.1. The van der Waals surface area contributed by atoms with Crippen LogP contribution in [-0.4, -0.2) is 20.9 Å².